The molecular formula is C32H38F2N4O5S. The number of rotatable bonds is 8. The number of aromatic nitrogens is 3. The van der Waals surface area contributed by atoms with Crippen LogP contribution in [0.1, 0.15) is 79.8 Å². The number of carbonyl (C=O) groups excluding carboxylic acids is 1. The number of pyridine rings is 1. The van der Waals surface area contributed by atoms with E-state index < -0.39 is 21.5 Å². The Morgan fingerprint density at radius 3 is 2.57 bits per heavy atom. The van der Waals surface area contributed by atoms with E-state index in [1.807, 2.05) is 13.8 Å². The summed E-state index contributed by atoms with van der Waals surface area (Å²) in [4.78, 5) is 20.3. The van der Waals surface area contributed by atoms with Crippen LogP contribution in [0.2, 0.25) is 0 Å². The second-order valence-corrected chi connectivity index (χ2v) is 14.6. The second kappa shape index (κ2) is 12.3. The summed E-state index contributed by atoms with van der Waals surface area (Å²) in [5.74, 6) is -1.65. The van der Waals surface area contributed by atoms with Gasteiger partial charge in [0.05, 0.1) is 34.0 Å². The molecule has 0 spiro atoms. The molecule has 2 saturated heterocycles. The standard InChI is InChI=1S/C32H38F2N4O5S/c1-18(2)23-17-44(40,41)31-28(22-8-11-38(16-22)27(39)15-21-4-6-24(33)25(34)14-21)29(32-37-36-19(3)43-32)26(35-30(23)31)7-5-20-9-12-42-13-10-20/h4,6,14,18,20,22-23H,5,7-13,15-17H2,1-3H3. The molecule has 0 aliphatic carbocycles. The van der Waals surface area contributed by atoms with Gasteiger partial charge in [0.1, 0.15) is 0 Å². The molecule has 3 aliphatic heterocycles. The molecule has 3 aliphatic rings. The number of hydrogen-bond donors (Lipinski definition) is 0. The zero-order valence-electron chi connectivity index (χ0n) is 25.3. The summed E-state index contributed by atoms with van der Waals surface area (Å²) < 4.78 is 66.6. The van der Waals surface area contributed by atoms with Crippen molar-refractivity contribution in [3.05, 3.63) is 58.2 Å². The van der Waals surface area contributed by atoms with E-state index in [4.69, 9.17) is 14.1 Å². The minimum absolute atomic E-state index is 0.0167. The Bertz CT molecular complexity index is 1670. The van der Waals surface area contributed by atoms with Crippen molar-refractivity contribution < 1.29 is 31.1 Å². The van der Waals surface area contributed by atoms with Gasteiger partial charge in [-0.2, -0.15) is 0 Å². The van der Waals surface area contributed by atoms with Crippen molar-refractivity contribution in [1.29, 1.82) is 0 Å². The van der Waals surface area contributed by atoms with Gasteiger partial charge in [-0.25, -0.2) is 17.2 Å². The fourth-order valence-corrected chi connectivity index (χ4v) is 9.19. The largest absolute Gasteiger partial charge is 0.421 e. The third kappa shape index (κ3) is 6.02. The van der Waals surface area contributed by atoms with E-state index in [2.05, 4.69) is 10.2 Å². The Kier molecular flexibility index (Phi) is 8.58. The van der Waals surface area contributed by atoms with Crippen LogP contribution in [0.5, 0.6) is 0 Å². The van der Waals surface area contributed by atoms with Crippen molar-refractivity contribution in [3.8, 4) is 11.5 Å². The number of fused-ring (bicyclic) bond motifs is 1. The number of aryl methyl sites for hydroxylation is 2. The fourth-order valence-electron chi connectivity index (χ4n) is 6.89. The highest BCUT2D eigenvalue weighted by molar-refractivity contribution is 7.91. The first-order valence-electron chi connectivity index (χ1n) is 15.4. The van der Waals surface area contributed by atoms with Gasteiger partial charge in [-0.1, -0.05) is 19.9 Å². The first-order valence-corrected chi connectivity index (χ1v) is 17.1. The Balaban J connectivity index is 1.42. The van der Waals surface area contributed by atoms with Crippen molar-refractivity contribution >= 4 is 15.7 Å². The van der Waals surface area contributed by atoms with E-state index in [0.29, 0.717) is 53.6 Å². The van der Waals surface area contributed by atoms with Gasteiger partial charge < -0.3 is 14.1 Å². The molecule has 44 heavy (non-hydrogen) atoms. The molecule has 0 radical (unpaired) electrons. The maximum Gasteiger partial charge on any atom is 0.249 e. The topological polar surface area (TPSA) is 115 Å². The molecule has 9 nitrogen and oxygen atoms in total. The van der Waals surface area contributed by atoms with Crippen molar-refractivity contribution in [2.24, 2.45) is 11.8 Å². The lowest BCUT2D eigenvalue weighted by atomic mass is 9.85. The lowest BCUT2D eigenvalue weighted by molar-refractivity contribution is -0.129. The third-order valence-electron chi connectivity index (χ3n) is 9.32. The number of likely N-dealkylation sites (tertiary alicyclic amines) is 1. The summed E-state index contributed by atoms with van der Waals surface area (Å²) in [6.45, 7) is 7.86. The monoisotopic (exact) mass is 628 g/mol. The molecular weight excluding hydrogens is 590 g/mol. The lowest BCUT2D eigenvalue weighted by Crippen LogP contribution is -2.30. The van der Waals surface area contributed by atoms with Gasteiger partial charge in [-0.15, -0.1) is 10.2 Å². The van der Waals surface area contributed by atoms with Crippen LogP contribution in [0.25, 0.3) is 11.5 Å². The number of benzene rings is 1. The zero-order chi connectivity index (χ0) is 31.2. The smallest absolute Gasteiger partial charge is 0.249 e. The molecule has 1 amide bonds. The molecule has 0 N–H and O–H groups in total. The van der Waals surface area contributed by atoms with E-state index in [-0.39, 0.29) is 53.2 Å². The van der Waals surface area contributed by atoms with E-state index in [0.717, 1.165) is 50.3 Å². The van der Waals surface area contributed by atoms with Crippen molar-refractivity contribution in [2.45, 2.75) is 76.0 Å². The quantitative estimate of drug-likeness (QED) is 0.336. The number of sulfone groups is 1. The Hall–Kier alpha value is -3.25. The van der Waals surface area contributed by atoms with Gasteiger partial charge in [0.15, 0.2) is 21.5 Å². The normalized spacial score (nSPS) is 21.7. The lowest BCUT2D eigenvalue weighted by Gasteiger charge is -2.25. The maximum atomic E-state index is 13.9. The van der Waals surface area contributed by atoms with Crippen LogP contribution in [0.3, 0.4) is 0 Å². The summed E-state index contributed by atoms with van der Waals surface area (Å²) in [5.41, 5.74) is 2.92. The average molecular weight is 629 g/mol. The molecule has 3 aromatic rings. The number of ether oxygens (including phenoxy) is 1. The Morgan fingerprint density at radius 1 is 1.11 bits per heavy atom. The predicted octanol–water partition coefficient (Wildman–Crippen LogP) is 5.16. The maximum absolute atomic E-state index is 13.9. The third-order valence-corrected chi connectivity index (χ3v) is 11.2. The average Bonchev–Trinajstić information content (AvgIpc) is 3.71. The number of nitrogens with zero attached hydrogens (tertiary/aromatic N) is 4. The van der Waals surface area contributed by atoms with Crippen molar-refractivity contribution in [1.82, 2.24) is 20.1 Å². The van der Waals surface area contributed by atoms with Gasteiger partial charge in [0.25, 0.3) is 0 Å². The van der Waals surface area contributed by atoms with Crippen LogP contribution < -0.4 is 0 Å². The molecule has 1 aromatic carbocycles. The SMILES string of the molecule is Cc1nnc(-c2c(CCC3CCOCC3)nc3c(c2C2CCN(C(=O)Cc4ccc(F)c(F)c4)C2)S(=O)(=O)CC3C(C)C)o1. The van der Waals surface area contributed by atoms with E-state index in [1.165, 1.54) is 6.07 Å². The predicted molar refractivity (Wildman–Crippen MR) is 158 cm³/mol. The van der Waals surface area contributed by atoms with Crippen molar-refractivity contribution in [2.75, 3.05) is 32.1 Å². The van der Waals surface area contributed by atoms with Crippen LogP contribution >= 0.6 is 0 Å². The molecule has 2 fully saturated rings. The zero-order valence-corrected chi connectivity index (χ0v) is 26.1. The van der Waals surface area contributed by atoms with E-state index in [1.54, 1.807) is 11.8 Å². The second-order valence-electron chi connectivity index (χ2n) is 12.7. The number of amides is 1. The molecule has 2 unspecified atom stereocenters. The summed E-state index contributed by atoms with van der Waals surface area (Å²) >= 11 is 0. The van der Waals surface area contributed by atoms with Crippen molar-refractivity contribution in [3.63, 3.8) is 0 Å². The van der Waals surface area contributed by atoms with Gasteiger partial charge in [-0.05, 0) is 67.2 Å². The number of halogens is 2. The highest BCUT2D eigenvalue weighted by Gasteiger charge is 2.45. The van der Waals surface area contributed by atoms with Gasteiger partial charge in [0.2, 0.25) is 17.7 Å². The minimum atomic E-state index is -3.69. The summed E-state index contributed by atoms with van der Waals surface area (Å²) in [7, 11) is -3.69. The molecule has 12 heteroatoms. The molecule has 2 aromatic heterocycles. The van der Waals surface area contributed by atoms with Crippen LogP contribution in [0.15, 0.2) is 27.5 Å². The Morgan fingerprint density at radius 2 is 1.89 bits per heavy atom. The van der Waals surface area contributed by atoms with Gasteiger partial charge >= 0.3 is 0 Å². The molecule has 236 valence electrons. The van der Waals surface area contributed by atoms with E-state index in [9.17, 15) is 22.0 Å². The van der Waals surface area contributed by atoms with Crippen LogP contribution in [-0.4, -0.2) is 66.5 Å². The van der Waals surface area contributed by atoms with Crippen LogP contribution in [0, 0.1) is 30.4 Å². The number of hydrogen-bond acceptors (Lipinski definition) is 8. The molecule has 6 rings (SSSR count). The summed E-state index contributed by atoms with van der Waals surface area (Å²) in [6, 6.07) is 3.45. The first kappa shape index (κ1) is 30.8. The van der Waals surface area contributed by atoms with Crippen LogP contribution in [-0.2, 0) is 32.2 Å². The molecule has 5 heterocycles. The number of carbonyl (C=O) groups is 1. The molecule has 0 bridgehead atoms. The summed E-state index contributed by atoms with van der Waals surface area (Å²) in [5, 5.41) is 8.40. The van der Waals surface area contributed by atoms with Gasteiger partial charge in [0, 0.05) is 45.1 Å². The minimum Gasteiger partial charge on any atom is -0.421 e. The Labute approximate surface area is 256 Å². The van der Waals surface area contributed by atoms with E-state index >= 15 is 0 Å². The highest BCUT2D eigenvalue weighted by atomic mass is 32.2. The van der Waals surface area contributed by atoms with Gasteiger partial charge in [-0.3, -0.25) is 9.78 Å². The summed E-state index contributed by atoms with van der Waals surface area (Å²) in [6.07, 6.45) is 3.87. The highest BCUT2D eigenvalue weighted by Crippen LogP contribution is 2.48. The fraction of sp³-hybridized carbons (Fsp3) is 0.562. The van der Waals surface area contributed by atoms with Crippen LogP contribution in [0.4, 0.5) is 8.78 Å². The molecule has 0 saturated carbocycles. The first-order chi connectivity index (χ1) is 21.0. The molecule has 2 atom stereocenters.